The molecule has 3 atom stereocenters. The number of rotatable bonds is 3. The zero-order chi connectivity index (χ0) is 21.2. The van der Waals surface area contributed by atoms with Crippen molar-refractivity contribution in [1.82, 2.24) is 9.80 Å². The minimum absolute atomic E-state index is 0.256. The van der Waals surface area contributed by atoms with Crippen molar-refractivity contribution in [3.8, 4) is 0 Å². The Balaban J connectivity index is 1.25. The highest BCUT2D eigenvalue weighted by Gasteiger charge is 2.65. The van der Waals surface area contributed by atoms with Crippen molar-refractivity contribution in [1.29, 1.82) is 0 Å². The molecule has 0 N–H and O–H groups in total. The quantitative estimate of drug-likeness (QED) is 0.720. The summed E-state index contributed by atoms with van der Waals surface area (Å²) >= 11 is 0. The largest absolute Gasteiger partial charge is 0.465 e. The number of hydrogen-bond donors (Lipinski definition) is 0. The maximum Gasteiger partial charge on any atom is 0.337 e. The molecule has 0 bridgehead atoms. The Morgan fingerprint density at radius 3 is 2.45 bits per heavy atom. The summed E-state index contributed by atoms with van der Waals surface area (Å²) in [6.45, 7) is 1.86. The molecule has 3 fully saturated rings. The third kappa shape index (κ3) is 2.65. The smallest absolute Gasteiger partial charge is 0.337 e. The van der Waals surface area contributed by atoms with Crippen molar-refractivity contribution in [3.05, 3.63) is 70.8 Å². The minimum atomic E-state index is -0.319. The van der Waals surface area contributed by atoms with E-state index in [4.69, 9.17) is 4.74 Å². The molecule has 1 amide bonds. The van der Waals surface area contributed by atoms with Gasteiger partial charge >= 0.3 is 5.97 Å². The molecule has 2 aromatic carbocycles. The van der Waals surface area contributed by atoms with Crippen LogP contribution in [0.5, 0.6) is 0 Å². The molecule has 4 aliphatic rings. The summed E-state index contributed by atoms with van der Waals surface area (Å²) in [5, 5.41) is 0. The SMILES string of the molecule is COC(=O)c1ccc([C@@H]2C[C@H]3CN(C4Cc5ccccc5C4)C(=O)[C@]34CCCN24)cc1. The second-order valence-electron chi connectivity index (χ2n) is 9.57. The lowest BCUT2D eigenvalue weighted by atomic mass is 9.85. The van der Waals surface area contributed by atoms with E-state index in [0.717, 1.165) is 45.2 Å². The van der Waals surface area contributed by atoms with E-state index in [1.807, 2.05) is 24.3 Å². The third-order valence-electron chi connectivity index (χ3n) is 8.26. The molecule has 5 nitrogen and oxygen atoms in total. The molecular weight excluding hydrogens is 388 g/mol. The number of hydrogen-bond acceptors (Lipinski definition) is 4. The number of amides is 1. The Morgan fingerprint density at radius 1 is 1.06 bits per heavy atom. The van der Waals surface area contributed by atoms with Gasteiger partial charge in [0.1, 0.15) is 5.54 Å². The van der Waals surface area contributed by atoms with Crippen LogP contribution in [0.4, 0.5) is 0 Å². The van der Waals surface area contributed by atoms with Gasteiger partial charge in [-0.25, -0.2) is 4.79 Å². The molecule has 1 spiro atoms. The topological polar surface area (TPSA) is 49.9 Å². The second-order valence-corrected chi connectivity index (χ2v) is 9.57. The molecule has 2 aromatic rings. The van der Waals surface area contributed by atoms with Crippen LogP contribution in [0.15, 0.2) is 48.5 Å². The van der Waals surface area contributed by atoms with Crippen LogP contribution in [-0.4, -0.2) is 53.5 Å². The van der Waals surface area contributed by atoms with Crippen LogP contribution in [0.2, 0.25) is 0 Å². The zero-order valence-corrected chi connectivity index (χ0v) is 17.9. The second kappa shape index (κ2) is 6.92. The molecule has 3 aliphatic heterocycles. The van der Waals surface area contributed by atoms with Crippen molar-refractivity contribution in [2.45, 2.75) is 49.7 Å². The van der Waals surface area contributed by atoms with Crippen LogP contribution in [0.25, 0.3) is 0 Å². The highest BCUT2D eigenvalue weighted by Crippen LogP contribution is 2.56. The van der Waals surface area contributed by atoms with E-state index in [9.17, 15) is 9.59 Å². The lowest BCUT2D eigenvalue weighted by Gasteiger charge is -2.35. The molecule has 1 aliphatic carbocycles. The summed E-state index contributed by atoms with van der Waals surface area (Å²) in [5.74, 6) is 0.439. The summed E-state index contributed by atoms with van der Waals surface area (Å²) in [6, 6.07) is 17.0. The van der Waals surface area contributed by atoms with Crippen molar-refractivity contribution in [3.63, 3.8) is 0 Å². The van der Waals surface area contributed by atoms with Gasteiger partial charge in [0.25, 0.3) is 0 Å². The maximum absolute atomic E-state index is 13.9. The van der Waals surface area contributed by atoms with Gasteiger partial charge in [0.2, 0.25) is 5.91 Å². The maximum atomic E-state index is 13.9. The molecule has 0 radical (unpaired) electrons. The average Bonchev–Trinajstić information content (AvgIpc) is 3.53. The molecule has 0 aromatic heterocycles. The van der Waals surface area contributed by atoms with Gasteiger partial charge in [0, 0.05) is 24.5 Å². The van der Waals surface area contributed by atoms with Crippen LogP contribution in [-0.2, 0) is 22.4 Å². The number of fused-ring (bicyclic) bond motifs is 1. The standard InChI is InChI=1S/C26H28N2O3/c1-31-24(29)18-9-7-17(8-10-18)23-15-21-16-27(25(30)26(21)11-4-12-28(23)26)22-13-19-5-2-3-6-20(19)14-22/h2-3,5-10,21-23H,4,11-16H2,1H3/t21-,23-,26-/m0/s1. The fourth-order valence-electron chi connectivity index (χ4n) is 6.87. The van der Waals surface area contributed by atoms with E-state index < -0.39 is 0 Å². The van der Waals surface area contributed by atoms with Gasteiger partial charge in [-0.15, -0.1) is 0 Å². The van der Waals surface area contributed by atoms with E-state index in [1.54, 1.807) is 0 Å². The van der Waals surface area contributed by atoms with Gasteiger partial charge in [-0.05, 0) is 67.5 Å². The lowest BCUT2D eigenvalue weighted by molar-refractivity contribution is -0.138. The zero-order valence-electron chi connectivity index (χ0n) is 17.9. The summed E-state index contributed by atoms with van der Waals surface area (Å²) in [4.78, 5) is 30.4. The molecule has 3 heterocycles. The molecule has 3 saturated heterocycles. The van der Waals surface area contributed by atoms with E-state index in [1.165, 1.54) is 23.8 Å². The van der Waals surface area contributed by atoms with Crippen molar-refractivity contribution in [2.24, 2.45) is 5.92 Å². The van der Waals surface area contributed by atoms with Gasteiger partial charge in [0.15, 0.2) is 0 Å². The molecule has 6 rings (SSSR count). The summed E-state index contributed by atoms with van der Waals surface area (Å²) in [7, 11) is 1.41. The Kier molecular flexibility index (Phi) is 4.26. The molecule has 31 heavy (non-hydrogen) atoms. The van der Waals surface area contributed by atoms with E-state index in [2.05, 4.69) is 34.1 Å². The predicted molar refractivity (Wildman–Crippen MR) is 117 cm³/mol. The summed E-state index contributed by atoms with van der Waals surface area (Å²) < 4.78 is 4.83. The number of ether oxygens (including phenoxy) is 1. The number of carbonyl (C=O) groups excluding carboxylic acids is 2. The van der Waals surface area contributed by atoms with Crippen LogP contribution in [0.3, 0.4) is 0 Å². The van der Waals surface area contributed by atoms with Crippen LogP contribution in [0, 0.1) is 5.92 Å². The minimum Gasteiger partial charge on any atom is -0.465 e. The third-order valence-corrected chi connectivity index (χ3v) is 8.26. The van der Waals surface area contributed by atoms with Crippen LogP contribution >= 0.6 is 0 Å². The number of nitrogens with zero attached hydrogens (tertiary/aromatic N) is 2. The first-order valence-corrected chi connectivity index (χ1v) is 11.4. The normalized spacial score (nSPS) is 29.8. The Morgan fingerprint density at radius 2 is 1.77 bits per heavy atom. The fraction of sp³-hybridized carbons (Fsp3) is 0.462. The molecule has 5 heteroatoms. The summed E-state index contributed by atoms with van der Waals surface area (Å²) in [5.41, 5.74) is 4.27. The van der Waals surface area contributed by atoms with Crippen LogP contribution < -0.4 is 0 Å². The van der Waals surface area contributed by atoms with E-state index >= 15 is 0 Å². The van der Waals surface area contributed by atoms with Gasteiger partial charge in [-0.3, -0.25) is 9.69 Å². The molecular formula is C26H28N2O3. The van der Waals surface area contributed by atoms with Crippen molar-refractivity contribution in [2.75, 3.05) is 20.2 Å². The Labute approximate surface area is 183 Å². The van der Waals surface area contributed by atoms with Gasteiger partial charge in [-0.2, -0.15) is 0 Å². The first kappa shape index (κ1) is 19.1. The first-order valence-electron chi connectivity index (χ1n) is 11.4. The Bertz CT molecular complexity index is 1020. The van der Waals surface area contributed by atoms with Gasteiger partial charge < -0.3 is 9.64 Å². The first-order chi connectivity index (χ1) is 15.1. The Hall–Kier alpha value is -2.66. The molecule has 0 saturated carbocycles. The van der Waals surface area contributed by atoms with Gasteiger partial charge in [0.05, 0.1) is 12.7 Å². The average molecular weight is 417 g/mol. The monoisotopic (exact) mass is 416 g/mol. The molecule has 160 valence electrons. The van der Waals surface area contributed by atoms with Gasteiger partial charge in [-0.1, -0.05) is 36.4 Å². The molecule has 0 unspecified atom stereocenters. The lowest BCUT2D eigenvalue weighted by Crippen LogP contribution is -2.51. The fourth-order valence-corrected chi connectivity index (χ4v) is 6.87. The predicted octanol–water partition coefficient (Wildman–Crippen LogP) is 3.38. The van der Waals surface area contributed by atoms with E-state index in [0.29, 0.717) is 23.4 Å². The number of likely N-dealkylation sites (tertiary alicyclic amines) is 1. The van der Waals surface area contributed by atoms with Crippen LogP contribution in [0.1, 0.15) is 52.4 Å². The van der Waals surface area contributed by atoms with Crippen molar-refractivity contribution >= 4 is 11.9 Å². The number of esters is 1. The number of carbonyl (C=O) groups is 2. The van der Waals surface area contributed by atoms with E-state index in [-0.39, 0.29) is 17.6 Å². The highest BCUT2D eigenvalue weighted by atomic mass is 16.5. The van der Waals surface area contributed by atoms with Crippen molar-refractivity contribution < 1.29 is 14.3 Å². The number of benzene rings is 2. The highest BCUT2D eigenvalue weighted by molar-refractivity contribution is 5.91. The number of methoxy groups -OCH3 is 1. The summed E-state index contributed by atoms with van der Waals surface area (Å²) in [6.07, 6.45) is 5.05.